The maximum atomic E-state index is 12.8. The Kier molecular flexibility index (Phi) is 36.9. The molecule has 1 rings (SSSR count). The summed E-state index contributed by atoms with van der Waals surface area (Å²) in [6, 6.07) is 0. The summed E-state index contributed by atoms with van der Waals surface area (Å²) in [6.45, 7) is 3.24. The lowest BCUT2D eigenvalue weighted by molar-refractivity contribution is -0.220. The van der Waals surface area contributed by atoms with Crippen LogP contribution in [0.1, 0.15) is 187 Å². The molecule has 64 heavy (non-hydrogen) atoms. The average molecular weight is 927 g/mol. The number of esters is 2. The van der Waals surface area contributed by atoms with E-state index in [9.17, 15) is 44.6 Å². The number of ether oxygens (including phenoxy) is 2. The van der Waals surface area contributed by atoms with Crippen molar-refractivity contribution in [3.05, 3.63) is 60.8 Å². The summed E-state index contributed by atoms with van der Waals surface area (Å²) in [5.41, 5.74) is 0. The van der Waals surface area contributed by atoms with Crippen molar-refractivity contribution in [2.75, 3.05) is 13.2 Å². The highest BCUT2D eigenvalue weighted by atomic mass is 31.2. The van der Waals surface area contributed by atoms with Crippen molar-refractivity contribution >= 4 is 19.8 Å². The molecule has 0 radical (unpaired) electrons. The average Bonchev–Trinajstić information content (AvgIpc) is 3.28. The number of phosphoric ester groups is 1. The number of hydrogen-bond acceptors (Lipinski definition) is 12. The molecule has 8 atom stereocenters. The summed E-state index contributed by atoms with van der Waals surface area (Å²) < 4.78 is 33.5. The molecule has 1 fully saturated rings. The van der Waals surface area contributed by atoms with Gasteiger partial charge < -0.3 is 39.9 Å². The minimum Gasteiger partial charge on any atom is -0.462 e. The number of phosphoric acid groups is 1. The number of allylic oxidation sites excluding steroid dienone is 10. The molecule has 0 saturated heterocycles. The van der Waals surface area contributed by atoms with E-state index >= 15 is 0 Å². The third kappa shape index (κ3) is 31.5. The molecule has 1 aliphatic rings. The number of carbonyl (C=O) groups excluding carboxylic acids is 2. The number of hydrogen-bond donors (Lipinski definition) is 6. The normalized spacial score (nSPS) is 22.1. The number of carbonyl (C=O) groups is 2. The second-order valence-electron chi connectivity index (χ2n) is 17.0. The van der Waals surface area contributed by atoms with E-state index in [1.54, 1.807) is 0 Å². The monoisotopic (exact) mass is 927 g/mol. The van der Waals surface area contributed by atoms with Gasteiger partial charge in [-0.25, -0.2) is 4.57 Å². The van der Waals surface area contributed by atoms with Crippen LogP contribution < -0.4 is 0 Å². The van der Waals surface area contributed by atoms with Crippen molar-refractivity contribution in [3.8, 4) is 0 Å². The largest absolute Gasteiger partial charge is 0.472 e. The van der Waals surface area contributed by atoms with E-state index in [0.29, 0.717) is 12.8 Å². The zero-order valence-electron chi connectivity index (χ0n) is 39.3. The van der Waals surface area contributed by atoms with E-state index in [4.69, 9.17) is 18.5 Å². The van der Waals surface area contributed by atoms with Gasteiger partial charge in [-0.15, -0.1) is 0 Å². The maximum Gasteiger partial charge on any atom is 0.472 e. The topological polar surface area (TPSA) is 210 Å². The standard InChI is InChI=1S/C50H87O13P/c1-3-5-7-9-11-13-15-17-19-21-22-23-25-26-28-30-32-34-36-38-43(51)60-40-42(41-61-64(58,59)63-50-48(56)46(54)45(53)47(55)49(50)57)62-44(52)39-37-35-33-31-29-27-24-20-18-16-14-12-10-8-6-4-2/h11,13,17,19-20,22-24,26,28,42,45-50,53-57H,3-10,12,14-16,18,21,25,27,29-41H2,1-2H3,(H,58,59)/b13-11-,19-17-,23-22-,24-20-,28-26-/t42-,45?,46-,47?,48?,49?,50?/m1/s1. The summed E-state index contributed by atoms with van der Waals surface area (Å²) in [4.78, 5) is 35.8. The van der Waals surface area contributed by atoms with Crippen LogP contribution in [-0.2, 0) is 32.7 Å². The number of rotatable bonds is 40. The molecule has 0 heterocycles. The molecule has 0 spiro atoms. The Morgan fingerprint density at radius 1 is 0.484 bits per heavy atom. The molecule has 13 nitrogen and oxygen atoms in total. The first kappa shape index (κ1) is 59.6. The van der Waals surface area contributed by atoms with Crippen LogP contribution in [0, 0.1) is 0 Å². The second-order valence-corrected chi connectivity index (χ2v) is 18.4. The molecular formula is C50H87O13P. The second kappa shape index (κ2) is 39.7. The van der Waals surface area contributed by atoms with Crippen molar-refractivity contribution in [1.29, 1.82) is 0 Å². The van der Waals surface area contributed by atoms with Gasteiger partial charge in [-0.3, -0.25) is 18.6 Å². The van der Waals surface area contributed by atoms with Gasteiger partial charge in [0.2, 0.25) is 0 Å². The molecule has 0 aliphatic heterocycles. The maximum absolute atomic E-state index is 12.8. The van der Waals surface area contributed by atoms with Crippen LogP contribution in [0.3, 0.4) is 0 Å². The number of unbranched alkanes of at least 4 members (excludes halogenated alkanes) is 18. The Hall–Kier alpha value is -2.45. The Morgan fingerprint density at radius 2 is 0.844 bits per heavy atom. The number of aliphatic hydroxyl groups is 5. The summed E-state index contributed by atoms with van der Waals surface area (Å²) in [6.07, 6.45) is 35.5. The zero-order valence-corrected chi connectivity index (χ0v) is 40.2. The summed E-state index contributed by atoms with van der Waals surface area (Å²) in [7, 11) is -5.13. The van der Waals surface area contributed by atoms with E-state index in [1.165, 1.54) is 64.2 Å². The first-order valence-corrected chi connectivity index (χ1v) is 26.1. The van der Waals surface area contributed by atoms with Crippen LogP contribution in [0.5, 0.6) is 0 Å². The van der Waals surface area contributed by atoms with Crippen molar-refractivity contribution in [3.63, 3.8) is 0 Å². The lowest BCUT2D eigenvalue weighted by Crippen LogP contribution is -2.64. The van der Waals surface area contributed by atoms with Crippen molar-refractivity contribution in [1.82, 2.24) is 0 Å². The summed E-state index contributed by atoms with van der Waals surface area (Å²) in [5, 5.41) is 50.2. The fourth-order valence-corrected chi connectivity index (χ4v) is 8.06. The Morgan fingerprint density at radius 3 is 1.34 bits per heavy atom. The fraction of sp³-hybridized carbons (Fsp3) is 0.760. The van der Waals surface area contributed by atoms with Gasteiger partial charge >= 0.3 is 19.8 Å². The molecule has 14 heteroatoms. The molecule has 0 amide bonds. The molecule has 6 unspecified atom stereocenters. The molecule has 1 saturated carbocycles. The van der Waals surface area contributed by atoms with Crippen molar-refractivity contribution in [2.24, 2.45) is 0 Å². The highest BCUT2D eigenvalue weighted by Gasteiger charge is 2.51. The van der Waals surface area contributed by atoms with Crippen LogP contribution in [0.2, 0.25) is 0 Å². The quantitative estimate of drug-likeness (QED) is 0.0146. The van der Waals surface area contributed by atoms with Crippen LogP contribution in [0.25, 0.3) is 0 Å². The predicted molar refractivity (Wildman–Crippen MR) is 253 cm³/mol. The lowest BCUT2D eigenvalue weighted by atomic mass is 9.85. The first-order valence-electron chi connectivity index (χ1n) is 24.6. The number of aliphatic hydroxyl groups excluding tert-OH is 5. The van der Waals surface area contributed by atoms with Gasteiger partial charge in [0.15, 0.2) is 6.10 Å². The van der Waals surface area contributed by atoms with Gasteiger partial charge in [0.05, 0.1) is 6.61 Å². The van der Waals surface area contributed by atoms with Gasteiger partial charge in [-0.2, -0.15) is 0 Å². The smallest absolute Gasteiger partial charge is 0.462 e. The molecule has 0 aromatic carbocycles. The Bertz CT molecular complexity index is 1350. The van der Waals surface area contributed by atoms with Gasteiger partial charge in [-0.1, -0.05) is 152 Å². The highest BCUT2D eigenvalue weighted by molar-refractivity contribution is 7.47. The Labute approximate surface area is 385 Å². The Balaban J connectivity index is 2.47. The van der Waals surface area contributed by atoms with E-state index in [0.717, 1.165) is 83.5 Å². The van der Waals surface area contributed by atoms with Crippen LogP contribution >= 0.6 is 7.82 Å². The minimum absolute atomic E-state index is 0.0775. The van der Waals surface area contributed by atoms with Crippen LogP contribution in [0.15, 0.2) is 60.8 Å². The van der Waals surface area contributed by atoms with E-state index in [1.807, 2.05) is 0 Å². The summed E-state index contributed by atoms with van der Waals surface area (Å²) >= 11 is 0. The first-order chi connectivity index (χ1) is 30.9. The molecule has 1 aliphatic carbocycles. The van der Waals surface area contributed by atoms with E-state index in [-0.39, 0.29) is 12.8 Å². The molecule has 6 N–H and O–H groups in total. The van der Waals surface area contributed by atoms with Crippen molar-refractivity contribution < 1.29 is 63.1 Å². The van der Waals surface area contributed by atoms with Gasteiger partial charge in [0, 0.05) is 12.8 Å². The molecule has 0 aromatic heterocycles. The fourth-order valence-electron chi connectivity index (χ4n) is 7.09. The van der Waals surface area contributed by atoms with Crippen molar-refractivity contribution in [2.45, 2.75) is 230 Å². The third-order valence-electron chi connectivity index (χ3n) is 11.1. The lowest BCUT2D eigenvalue weighted by Gasteiger charge is -2.41. The SMILES string of the molecule is CCCCC/C=C\C/C=C\C/C=C\C/C=C\CCCCCC(=O)OC[C@H](COP(=O)(O)OC1C(O)C(O)C(O)[C@@H](O)C1O)OC(=O)CCCCCCC/C=C\CCCCCCCCC. The van der Waals surface area contributed by atoms with Crippen LogP contribution in [-0.4, -0.2) is 98.3 Å². The van der Waals surface area contributed by atoms with Gasteiger partial charge in [0.1, 0.15) is 43.2 Å². The molecule has 0 bridgehead atoms. The van der Waals surface area contributed by atoms with Gasteiger partial charge in [0.25, 0.3) is 0 Å². The van der Waals surface area contributed by atoms with Crippen LogP contribution in [0.4, 0.5) is 0 Å². The van der Waals surface area contributed by atoms with E-state index in [2.05, 4.69) is 74.6 Å². The molecule has 0 aromatic rings. The molecule has 370 valence electrons. The molecular weight excluding hydrogens is 840 g/mol. The van der Waals surface area contributed by atoms with E-state index < -0.39 is 75.7 Å². The highest BCUT2D eigenvalue weighted by Crippen LogP contribution is 2.47. The van der Waals surface area contributed by atoms with Gasteiger partial charge in [-0.05, 0) is 83.5 Å². The summed E-state index contributed by atoms with van der Waals surface area (Å²) in [5.74, 6) is -1.15. The minimum atomic E-state index is -5.13. The zero-order chi connectivity index (χ0) is 47.1. The third-order valence-corrected chi connectivity index (χ3v) is 12.1. The predicted octanol–water partition coefficient (Wildman–Crippen LogP) is 10.1.